The second-order valence-corrected chi connectivity index (χ2v) is 8.58. The van der Waals surface area contributed by atoms with E-state index in [-0.39, 0.29) is 3.92 Å². The summed E-state index contributed by atoms with van der Waals surface area (Å²) in [6, 6.07) is 4.31. The molecule has 0 aliphatic heterocycles. The minimum Gasteiger partial charge on any atom is -0.263 e. The molecule has 2 atom stereocenters. The molecule has 0 radical (unpaired) electrons. The molecule has 2 nitrogen and oxygen atoms in total. The van der Waals surface area contributed by atoms with E-state index in [9.17, 15) is 0 Å². The largest absolute Gasteiger partial charge is 0.263 e. The lowest BCUT2D eigenvalue weighted by atomic mass is 10.2. The summed E-state index contributed by atoms with van der Waals surface area (Å²) < 4.78 is 0.772. The van der Waals surface area contributed by atoms with Crippen molar-refractivity contribution in [1.82, 2.24) is 4.98 Å². The minimum absolute atomic E-state index is 0.241. The second-order valence-electron chi connectivity index (χ2n) is 2.94. The van der Waals surface area contributed by atoms with Crippen molar-refractivity contribution in [3.8, 4) is 6.07 Å². The molecule has 0 saturated heterocycles. The zero-order valence-corrected chi connectivity index (χ0v) is 13.3. The molecule has 5 heteroatoms. The van der Waals surface area contributed by atoms with E-state index in [1.165, 1.54) is 4.90 Å². The molecule has 15 heavy (non-hydrogen) atoms. The van der Waals surface area contributed by atoms with Crippen LogP contribution in [0.4, 0.5) is 0 Å². The fourth-order valence-electron chi connectivity index (χ4n) is 1.06. The Morgan fingerprint density at radius 1 is 1.53 bits per heavy atom. The van der Waals surface area contributed by atoms with Gasteiger partial charge in [0.25, 0.3) is 0 Å². The van der Waals surface area contributed by atoms with Gasteiger partial charge in [-0.1, -0.05) is 45.2 Å². The van der Waals surface area contributed by atoms with Crippen LogP contribution in [0.1, 0.15) is 22.8 Å². The fraction of sp³-hybridized carbons (Fsp3) is 0.400. The van der Waals surface area contributed by atoms with Crippen molar-refractivity contribution < 1.29 is 0 Å². The van der Waals surface area contributed by atoms with Crippen molar-refractivity contribution in [2.24, 2.45) is 0 Å². The summed E-state index contributed by atoms with van der Waals surface area (Å²) in [5, 5.41) is 8.63. The molecular weight excluding hydrogens is 434 g/mol. The average molecular weight is 444 g/mol. The number of halogens is 2. The highest BCUT2D eigenvalue weighted by molar-refractivity contribution is 14.1. The monoisotopic (exact) mass is 444 g/mol. The Morgan fingerprint density at radius 2 is 2.27 bits per heavy atom. The molecule has 0 N–H and O–H groups in total. The minimum atomic E-state index is 0.241. The van der Waals surface area contributed by atoms with E-state index >= 15 is 0 Å². The predicted octanol–water partition coefficient (Wildman–Crippen LogP) is 4.34. The van der Waals surface area contributed by atoms with E-state index in [0.29, 0.717) is 9.68 Å². The van der Waals surface area contributed by atoms with Gasteiger partial charge in [-0.15, -0.1) is 11.8 Å². The molecule has 2 unspecified atom stereocenters. The average Bonchev–Trinajstić information content (AvgIpc) is 2.17. The number of rotatable bonds is 4. The summed E-state index contributed by atoms with van der Waals surface area (Å²) >= 11 is 6.44. The van der Waals surface area contributed by atoms with Crippen LogP contribution < -0.4 is 0 Å². The maximum Gasteiger partial charge on any atom is 0.0636 e. The molecular formula is C10H10I2N2S. The quantitative estimate of drug-likeness (QED) is 0.394. The Morgan fingerprint density at radius 3 is 2.87 bits per heavy atom. The maximum absolute atomic E-state index is 8.63. The highest BCUT2D eigenvalue weighted by Gasteiger charge is 2.08. The third-order valence-electron chi connectivity index (χ3n) is 1.66. The van der Waals surface area contributed by atoms with Crippen LogP contribution in [0.15, 0.2) is 23.4 Å². The summed E-state index contributed by atoms with van der Waals surface area (Å²) in [6.07, 6.45) is 4.26. The lowest BCUT2D eigenvalue weighted by Crippen LogP contribution is -1.91. The Hall–Kier alpha value is 0.450. The number of hydrogen-bond donors (Lipinski definition) is 0. The number of aromatic nitrogens is 1. The molecule has 1 heterocycles. The number of alkyl halides is 2. The molecule has 0 fully saturated rings. The Balaban J connectivity index is 2.78. The smallest absolute Gasteiger partial charge is 0.0636 e. The first-order valence-electron chi connectivity index (χ1n) is 4.40. The number of nitriles is 1. The third kappa shape index (κ3) is 4.87. The summed E-state index contributed by atoms with van der Waals surface area (Å²) in [6.45, 7) is 2.15. The molecule has 0 spiro atoms. The fourth-order valence-corrected chi connectivity index (χ4v) is 3.18. The molecule has 0 amide bonds. The van der Waals surface area contributed by atoms with Crippen LogP contribution in [0.3, 0.4) is 0 Å². The number of thioether (sulfide) groups is 1. The van der Waals surface area contributed by atoms with Gasteiger partial charge in [0.15, 0.2) is 0 Å². The Bertz CT molecular complexity index is 363. The van der Waals surface area contributed by atoms with E-state index in [4.69, 9.17) is 5.26 Å². The first-order chi connectivity index (χ1) is 7.13. The molecule has 0 saturated carbocycles. The molecule has 0 aromatic carbocycles. The zero-order valence-electron chi connectivity index (χ0n) is 8.15. The highest BCUT2D eigenvalue weighted by atomic mass is 127. The van der Waals surface area contributed by atoms with E-state index in [0.717, 1.165) is 5.56 Å². The van der Waals surface area contributed by atoms with Gasteiger partial charge in [0.2, 0.25) is 0 Å². The van der Waals surface area contributed by atoms with E-state index in [1.54, 1.807) is 11.8 Å². The van der Waals surface area contributed by atoms with Crippen LogP contribution in [-0.4, -0.2) is 8.24 Å². The standard InChI is InChI=1S/C10H10I2N2S/c1-7(11)15-9-4-8(5-14-6-9)10(12)2-3-13/h4-7,10H,2H2,1H3. The van der Waals surface area contributed by atoms with Gasteiger partial charge in [-0.2, -0.15) is 5.26 Å². The maximum atomic E-state index is 8.63. The highest BCUT2D eigenvalue weighted by Crippen LogP contribution is 2.31. The summed E-state index contributed by atoms with van der Waals surface area (Å²) in [5.41, 5.74) is 1.14. The lowest BCUT2D eigenvalue weighted by Gasteiger charge is -2.08. The molecule has 1 aromatic heterocycles. The molecule has 0 aliphatic carbocycles. The van der Waals surface area contributed by atoms with Gasteiger partial charge < -0.3 is 0 Å². The van der Waals surface area contributed by atoms with Gasteiger partial charge in [-0.25, -0.2) is 0 Å². The first kappa shape index (κ1) is 13.5. The second kappa shape index (κ2) is 6.91. The van der Waals surface area contributed by atoms with Crippen LogP contribution in [0.25, 0.3) is 0 Å². The van der Waals surface area contributed by atoms with Crippen molar-refractivity contribution in [3.05, 3.63) is 24.0 Å². The van der Waals surface area contributed by atoms with Gasteiger partial charge >= 0.3 is 0 Å². The summed E-state index contributed by atoms with van der Waals surface area (Å²) in [5.74, 6) is 0. The topological polar surface area (TPSA) is 36.7 Å². The van der Waals surface area contributed by atoms with Crippen LogP contribution in [-0.2, 0) is 0 Å². The van der Waals surface area contributed by atoms with Crippen molar-refractivity contribution in [2.45, 2.75) is 25.4 Å². The molecule has 1 rings (SSSR count). The van der Waals surface area contributed by atoms with E-state index in [1.807, 2.05) is 12.4 Å². The van der Waals surface area contributed by atoms with Gasteiger partial charge in [-0.3, -0.25) is 4.98 Å². The van der Waals surface area contributed by atoms with Gasteiger partial charge in [0.05, 0.1) is 19.7 Å². The Labute approximate surface area is 122 Å². The molecule has 0 bridgehead atoms. The van der Waals surface area contributed by atoms with Gasteiger partial charge in [0, 0.05) is 17.3 Å². The lowest BCUT2D eigenvalue weighted by molar-refractivity contribution is 0.989. The number of nitrogens with zero attached hydrogens (tertiary/aromatic N) is 2. The van der Waals surface area contributed by atoms with Gasteiger partial charge in [-0.05, 0) is 18.6 Å². The van der Waals surface area contributed by atoms with E-state index in [2.05, 4.69) is 69.2 Å². The van der Waals surface area contributed by atoms with Crippen molar-refractivity contribution >= 4 is 56.9 Å². The van der Waals surface area contributed by atoms with Crippen molar-refractivity contribution in [3.63, 3.8) is 0 Å². The van der Waals surface area contributed by atoms with Crippen molar-refractivity contribution in [2.75, 3.05) is 0 Å². The van der Waals surface area contributed by atoms with Crippen LogP contribution >= 0.6 is 56.9 Å². The van der Waals surface area contributed by atoms with Crippen LogP contribution in [0.5, 0.6) is 0 Å². The summed E-state index contributed by atoms with van der Waals surface area (Å²) in [4.78, 5) is 5.38. The molecule has 80 valence electrons. The predicted molar refractivity (Wildman–Crippen MR) is 80.6 cm³/mol. The molecule has 1 aromatic rings. The van der Waals surface area contributed by atoms with Gasteiger partial charge in [0.1, 0.15) is 0 Å². The third-order valence-corrected chi connectivity index (χ3v) is 4.41. The van der Waals surface area contributed by atoms with Crippen LogP contribution in [0.2, 0.25) is 0 Å². The number of pyridine rings is 1. The Kier molecular flexibility index (Phi) is 6.23. The SMILES string of the molecule is CC(I)Sc1cncc(C(I)CC#N)c1. The summed E-state index contributed by atoms with van der Waals surface area (Å²) in [7, 11) is 0. The molecule has 0 aliphatic rings. The van der Waals surface area contributed by atoms with Crippen molar-refractivity contribution in [1.29, 1.82) is 5.26 Å². The number of hydrogen-bond acceptors (Lipinski definition) is 3. The first-order valence-corrected chi connectivity index (χ1v) is 7.77. The zero-order chi connectivity index (χ0) is 11.3. The normalized spacial score (nSPS) is 14.3. The van der Waals surface area contributed by atoms with E-state index < -0.39 is 0 Å². The van der Waals surface area contributed by atoms with Crippen LogP contribution in [0, 0.1) is 11.3 Å².